The molecule has 0 aliphatic heterocycles. The summed E-state index contributed by atoms with van der Waals surface area (Å²) in [4.78, 5) is 25.9. The third kappa shape index (κ3) is 10.0. The van der Waals surface area contributed by atoms with Crippen LogP contribution in [0.2, 0.25) is 0 Å². The summed E-state index contributed by atoms with van der Waals surface area (Å²) in [5.74, 6) is 1.12. The Bertz CT molecular complexity index is 954. The molecule has 2 aromatic rings. The lowest BCUT2D eigenvalue weighted by Gasteiger charge is -2.22. The summed E-state index contributed by atoms with van der Waals surface area (Å²) in [5, 5.41) is 0. The van der Waals surface area contributed by atoms with Crippen LogP contribution in [0.5, 0.6) is 23.0 Å². The number of hydrogen-bond donors (Lipinski definition) is 0. The van der Waals surface area contributed by atoms with Crippen molar-refractivity contribution < 1.29 is 38.0 Å². The third-order valence-electron chi connectivity index (χ3n) is 6.55. The van der Waals surface area contributed by atoms with Crippen molar-refractivity contribution in [3.8, 4) is 23.0 Å². The van der Waals surface area contributed by atoms with Crippen molar-refractivity contribution in [2.45, 2.75) is 83.8 Å². The Labute approximate surface area is 232 Å². The molecule has 2 atom stereocenters. The van der Waals surface area contributed by atoms with Crippen LogP contribution in [-0.2, 0) is 19.1 Å². The first-order valence-corrected chi connectivity index (χ1v) is 13.7. The molecule has 2 unspecified atom stereocenters. The zero-order valence-electron chi connectivity index (χ0n) is 24.2. The highest BCUT2D eigenvalue weighted by molar-refractivity contribution is 5.91. The maximum Gasteiger partial charge on any atom is 0.317 e. The van der Waals surface area contributed by atoms with Gasteiger partial charge in [0.2, 0.25) is 0 Å². The highest BCUT2D eigenvalue weighted by atomic mass is 16.6. The van der Waals surface area contributed by atoms with E-state index in [-0.39, 0.29) is 0 Å². The van der Waals surface area contributed by atoms with Crippen molar-refractivity contribution in [1.82, 2.24) is 0 Å². The fourth-order valence-electron chi connectivity index (χ4n) is 4.40. The van der Waals surface area contributed by atoms with Crippen LogP contribution in [0.4, 0.5) is 0 Å². The van der Waals surface area contributed by atoms with E-state index < -0.39 is 30.6 Å². The molecule has 8 heteroatoms. The van der Waals surface area contributed by atoms with E-state index in [1.807, 2.05) is 12.1 Å². The van der Waals surface area contributed by atoms with Crippen molar-refractivity contribution in [2.75, 3.05) is 28.4 Å². The predicted molar refractivity (Wildman–Crippen MR) is 150 cm³/mol. The van der Waals surface area contributed by atoms with Crippen molar-refractivity contribution in [1.29, 1.82) is 0 Å². The average Bonchev–Trinajstić information content (AvgIpc) is 2.95. The van der Waals surface area contributed by atoms with Crippen LogP contribution in [0, 0.1) is 0 Å². The molecule has 0 aromatic heterocycles. The van der Waals surface area contributed by atoms with Gasteiger partial charge in [-0.3, -0.25) is 9.59 Å². The summed E-state index contributed by atoms with van der Waals surface area (Å²) < 4.78 is 33.3. The lowest BCUT2D eigenvalue weighted by molar-refractivity contribution is -0.161. The molecule has 8 nitrogen and oxygen atoms in total. The lowest BCUT2D eigenvalue weighted by Crippen LogP contribution is -2.19. The molecule has 0 spiro atoms. The Hall–Kier alpha value is -3.42. The molecule has 0 radical (unpaired) electrons. The summed E-state index contributed by atoms with van der Waals surface area (Å²) in [6, 6.07) is 10.8. The minimum Gasteiger partial charge on any atom is -0.497 e. The van der Waals surface area contributed by atoms with E-state index in [4.69, 9.17) is 28.4 Å². The normalized spacial score (nSPS) is 12.3. The fourth-order valence-corrected chi connectivity index (χ4v) is 4.40. The van der Waals surface area contributed by atoms with Gasteiger partial charge in [-0.25, -0.2) is 0 Å². The third-order valence-corrected chi connectivity index (χ3v) is 6.55. The Morgan fingerprint density at radius 1 is 0.615 bits per heavy atom. The highest BCUT2D eigenvalue weighted by Crippen LogP contribution is 2.36. The number of unbranched alkanes of at least 4 members (excludes halogenated alkanes) is 4. The van der Waals surface area contributed by atoms with Crippen molar-refractivity contribution >= 4 is 11.9 Å². The summed E-state index contributed by atoms with van der Waals surface area (Å²) in [5.41, 5.74) is 1.47. The van der Waals surface area contributed by atoms with Crippen LogP contribution in [0.15, 0.2) is 36.4 Å². The van der Waals surface area contributed by atoms with Crippen LogP contribution in [0.25, 0.3) is 0 Å². The molecule has 0 aliphatic carbocycles. The second-order valence-corrected chi connectivity index (χ2v) is 9.34. The number of benzene rings is 2. The Kier molecular flexibility index (Phi) is 14.0. The van der Waals surface area contributed by atoms with Gasteiger partial charge < -0.3 is 28.4 Å². The van der Waals surface area contributed by atoms with Crippen LogP contribution in [-0.4, -0.2) is 40.4 Å². The molecular weight excluding hydrogens is 500 g/mol. The number of carbonyl (C=O) groups excluding carboxylic acids is 2. The van der Waals surface area contributed by atoms with E-state index in [0.717, 1.165) is 49.7 Å². The number of hydrogen-bond acceptors (Lipinski definition) is 8. The molecule has 0 bridgehead atoms. The second-order valence-electron chi connectivity index (χ2n) is 9.34. The number of esters is 2. The molecule has 39 heavy (non-hydrogen) atoms. The van der Waals surface area contributed by atoms with Crippen LogP contribution in [0.3, 0.4) is 0 Å². The summed E-state index contributed by atoms with van der Waals surface area (Å²) >= 11 is 0. The maximum absolute atomic E-state index is 12.9. The van der Waals surface area contributed by atoms with Gasteiger partial charge in [0.1, 0.15) is 41.6 Å². The van der Waals surface area contributed by atoms with E-state index in [1.54, 1.807) is 52.7 Å². The first-order valence-electron chi connectivity index (χ1n) is 13.7. The number of rotatable bonds is 18. The molecule has 0 N–H and O–H groups in total. The van der Waals surface area contributed by atoms with Gasteiger partial charge in [-0.2, -0.15) is 0 Å². The number of ether oxygens (including phenoxy) is 6. The molecular formula is C31H44O8. The SMILES string of the molecule is CCCCCC(OC(=O)CC(=O)OC(CCCCC)c1ccc(OC)cc1OC)c1ccc(OC)cc1OC. The van der Waals surface area contributed by atoms with Gasteiger partial charge in [-0.15, -0.1) is 0 Å². The molecule has 0 fully saturated rings. The summed E-state index contributed by atoms with van der Waals surface area (Å²) in [6.07, 6.45) is 5.40. The molecule has 2 rings (SSSR count). The van der Waals surface area contributed by atoms with Gasteiger partial charge in [-0.1, -0.05) is 39.5 Å². The van der Waals surface area contributed by atoms with Crippen molar-refractivity contribution in [2.24, 2.45) is 0 Å². The number of methoxy groups -OCH3 is 4. The van der Waals surface area contributed by atoms with Gasteiger partial charge in [0.25, 0.3) is 0 Å². The average molecular weight is 545 g/mol. The van der Waals surface area contributed by atoms with E-state index in [9.17, 15) is 9.59 Å². The fraction of sp³-hybridized carbons (Fsp3) is 0.548. The van der Waals surface area contributed by atoms with Crippen LogP contribution < -0.4 is 18.9 Å². The molecule has 216 valence electrons. The molecule has 2 aromatic carbocycles. The van der Waals surface area contributed by atoms with E-state index in [1.165, 1.54) is 0 Å². The second kappa shape index (κ2) is 17.2. The Morgan fingerprint density at radius 2 is 1.03 bits per heavy atom. The Morgan fingerprint density at radius 3 is 1.36 bits per heavy atom. The molecule has 0 amide bonds. The first kappa shape index (κ1) is 31.8. The molecule has 0 saturated carbocycles. The number of carbonyl (C=O) groups is 2. The van der Waals surface area contributed by atoms with E-state index >= 15 is 0 Å². The summed E-state index contributed by atoms with van der Waals surface area (Å²) in [6.45, 7) is 4.22. The van der Waals surface area contributed by atoms with Crippen molar-refractivity contribution in [3.63, 3.8) is 0 Å². The summed E-state index contributed by atoms with van der Waals surface area (Å²) in [7, 11) is 6.28. The van der Waals surface area contributed by atoms with Crippen LogP contribution >= 0.6 is 0 Å². The minimum atomic E-state index is -0.645. The van der Waals surface area contributed by atoms with E-state index in [2.05, 4.69) is 13.8 Å². The monoisotopic (exact) mass is 544 g/mol. The standard InChI is InChI=1S/C31H44O8/c1-7-9-11-13-26(24-17-15-22(34-3)19-28(24)36-5)38-30(32)21-31(33)39-27(14-12-10-8-2)25-18-16-23(35-4)20-29(25)37-6/h15-20,26-27H,7-14,21H2,1-6H3. The quantitative estimate of drug-likeness (QED) is 0.111. The van der Waals surface area contributed by atoms with Gasteiger partial charge in [-0.05, 0) is 49.9 Å². The first-order chi connectivity index (χ1) is 18.9. The smallest absolute Gasteiger partial charge is 0.317 e. The minimum absolute atomic E-state index is 0.495. The molecule has 0 saturated heterocycles. The van der Waals surface area contributed by atoms with E-state index in [0.29, 0.717) is 35.8 Å². The van der Waals surface area contributed by atoms with Gasteiger partial charge in [0.15, 0.2) is 0 Å². The predicted octanol–water partition coefficient (Wildman–Crippen LogP) is 7.14. The lowest BCUT2D eigenvalue weighted by atomic mass is 10.0. The largest absolute Gasteiger partial charge is 0.497 e. The maximum atomic E-state index is 12.9. The zero-order valence-corrected chi connectivity index (χ0v) is 24.2. The highest BCUT2D eigenvalue weighted by Gasteiger charge is 2.26. The zero-order chi connectivity index (χ0) is 28.6. The van der Waals surface area contributed by atoms with Crippen molar-refractivity contribution in [3.05, 3.63) is 47.5 Å². The van der Waals surface area contributed by atoms with Crippen LogP contribution in [0.1, 0.15) is 95.0 Å². The molecule has 0 heterocycles. The van der Waals surface area contributed by atoms with Gasteiger partial charge in [0.05, 0.1) is 28.4 Å². The topological polar surface area (TPSA) is 89.5 Å². The molecule has 0 aliphatic rings. The Balaban J connectivity index is 2.17. The van der Waals surface area contributed by atoms with Gasteiger partial charge in [0, 0.05) is 23.3 Å². The van der Waals surface area contributed by atoms with Gasteiger partial charge >= 0.3 is 11.9 Å².